The van der Waals surface area contributed by atoms with E-state index in [1.165, 1.54) is 24.5 Å². The molecule has 4 aliphatic rings. The molecule has 7 N–H and O–H groups in total. The number of benzene rings is 2. The van der Waals surface area contributed by atoms with Crippen molar-refractivity contribution in [1.29, 1.82) is 0 Å². The van der Waals surface area contributed by atoms with Crippen molar-refractivity contribution in [3.05, 3.63) is 94.6 Å². The number of halogens is 2. The van der Waals surface area contributed by atoms with Gasteiger partial charge in [0.1, 0.15) is 34.2 Å². The highest BCUT2D eigenvalue weighted by Gasteiger charge is 2.37. The number of rotatable bonds is 12. The molecule has 2 aromatic carbocycles. The molecule has 0 radical (unpaired) electrons. The maximum Gasteiger partial charge on any atom is 0.294 e. The number of likely N-dealkylation sites (tertiary alicyclic amines) is 2. The Bertz CT molecular complexity index is 3240. The lowest BCUT2D eigenvalue weighted by Gasteiger charge is -2.34. The number of pyridine rings is 2. The first-order valence-electron chi connectivity index (χ1n) is 24.4. The molecule has 0 bridgehead atoms. The highest BCUT2D eigenvalue weighted by molar-refractivity contribution is 7.92. The minimum atomic E-state index is -3.68. The quantitative estimate of drug-likeness (QED) is 0.0627. The molecule has 0 spiro atoms. The molecule has 4 aromatic heterocycles. The Labute approximate surface area is 435 Å². The number of nitrogens with two attached hydrogens (primary N) is 1. The second-order valence-corrected chi connectivity index (χ2v) is 21.5. The van der Waals surface area contributed by atoms with E-state index in [9.17, 15) is 37.2 Å². The van der Waals surface area contributed by atoms with E-state index in [0.717, 1.165) is 45.0 Å². The summed E-state index contributed by atoms with van der Waals surface area (Å²) in [7, 11) is -3.68. The van der Waals surface area contributed by atoms with E-state index >= 15 is 0 Å². The molecule has 0 atom stereocenters. The molecular weight excluding hydrogens is 1020 g/mol. The van der Waals surface area contributed by atoms with Crippen LogP contribution in [0.1, 0.15) is 98.2 Å². The molecule has 6 amide bonds. The van der Waals surface area contributed by atoms with Crippen molar-refractivity contribution in [3.63, 3.8) is 0 Å². The van der Waals surface area contributed by atoms with Gasteiger partial charge in [-0.15, -0.1) is 0 Å². The molecule has 0 unspecified atom stereocenters. The fourth-order valence-electron chi connectivity index (χ4n) is 10.3. The average Bonchev–Trinajstić information content (AvgIpc) is 4.19. The zero-order chi connectivity index (χ0) is 52.3. The lowest BCUT2D eigenvalue weighted by atomic mass is 9.84. The number of nitrogens with one attached hydrogen (secondary N) is 5. The molecule has 6 heterocycles. The molecular formula is C51H54Cl2N10O10S. The second-order valence-electron chi connectivity index (χ2n) is 18.9. The number of hydrogen-bond donors (Lipinski definition) is 6. The van der Waals surface area contributed by atoms with Crippen molar-refractivity contribution in [3.8, 4) is 0 Å². The number of nitrogen functional groups attached to an aromatic ring is 1. The number of fused-ring (bicyclic) bond motifs is 2. The number of carbonyl (C=O) groups is 6. The van der Waals surface area contributed by atoms with Crippen molar-refractivity contribution in [2.75, 3.05) is 51.1 Å². The number of anilines is 6. The summed E-state index contributed by atoms with van der Waals surface area (Å²) in [5, 5.41) is 12.6. The van der Waals surface area contributed by atoms with Crippen molar-refractivity contribution in [1.82, 2.24) is 19.8 Å². The summed E-state index contributed by atoms with van der Waals surface area (Å²) in [6.45, 7) is 1.57. The maximum atomic E-state index is 13.4. The van der Waals surface area contributed by atoms with Crippen LogP contribution >= 0.6 is 23.2 Å². The number of carbonyl (C=O) groups excluding carboxylic acids is 6. The number of furan rings is 2. The topological polar surface area (TPSA) is 281 Å². The molecule has 74 heavy (non-hydrogen) atoms. The first-order chi connectivity index (χ1) is 35.5. The van der Waals surface area contributed by atoms with Crippen molar-refractivity contribution in [2.24, 2.45) is 11.8 Å². The van der Waals surface area contributed by atoms with Gasteiger partial charge in [-0.25, -0.2) is 18.4 Å². The van der Waals surface area contributed by atoms with Crippen LogP contribution in [0, 0.1) is 11.8 Å². The lowest BCUT2D eigenvalue weighted by molar-refractivity contribution is -0.131. The third kappa shape index (κ3) is 11.7. The highest BCUT2D eigenvalue weighted by Crippen LogP contribution is 2.40. The summed E-state index contributed by atoms with van der Waals surface area (Å²) in [6.07, 6.45) is 12.3. The normalized spacial score (nSPS) is 20.0. The smallest absolute Gasteiger partial charge is 0.294 e. The van der Waals surface area contributed by atoms with E-state index in [1.54, 1.807) is 48.5 Å². The molecule has 20 nitrogen and oxygen atoms in total. The van der Waals surface area contributed by atoms with Crippen LogP contribution in [0.5, 0.6) is 0 Å². The van der Waals surface area contributed by atoms with Gasteiger partial charge in [-0.3, -0.25) is 33.5 Å². The SMILES string of the molecule is CS(=O)(=O)Nc1cccc2oc(C(=O)Nc3ccc(Cl)cn3)c(NC(=O)C3CCC(N4CCCC4=O)CC3)c12.Nc1cccc2oc(C(=O)Nc3ccc(Cl)cn3)c(NC(=O)C3CCC(N4CCCC4=O)CC3)c12. The monoisotopic (exact) mass is 1070 g/mol. The van der Waals surface area contributed by atoms with Crippen molar-refractivity contribution < 1.29 is 46.0 Å². The van der Waals surface area contributed by atoms with Crippen LogP contribution in [-0.2, 0) is 29.2 Å². The van der Waals surface area contributed by atoms with Crippen LogP contribution in [0.3, 0.4) is 0 Å². The first kappa shape index (κ1) is 51.7. The van der Waals surface area contributed by atoms with Crippen molar-refractivity contribution in [2.45, 2.75) is 89.1 Å². The molecule has 2 saturated heterocycles. The predicted octanol–water partition coefficient (Wildman–Crippen LogP) is 8.66. The Morgan fingerprint density at radius 1 is 0.622 bits per heavy atom. The van der Waals surface area contributed by atoms with Crippen LogP contribution in [0.15, 0.2) is 81.9 Å². The number of aromatic nitrogens is 2. The van der Waals surface area contributed by atoms with Gasteiger partial charge in [0.25, 0.3) is 11.8 Å². The number of hydrogen-bond acceptors (Lipinski definition) is 13. The molecule has 23 heteroatoms. The largest absolute Gasteiger partial charge is 0.449 e. The van der Waals surface area contributed by atoms with Gasteiger partial charge in [0.05, 0.1) is 32.8 Å². The zero-order valence-corrected chi connectivity index (χ0v) is 42.6. The number of amides is 6. The summed E-state index contributed by atoms with van der Waals surface area (Å²) < 4.78 is 38.2. The van der Waals surface area contributed by atoms with Crippen LogP contribution in [0.2, 0.25) is 10.0 Å². The third-order valence-electron chi connectivity index (χ3n) is 13.8. The summed E-state index contributed by atoms with van der Waals surface area (Å²) in [6, 6.07) is 16.4. The van der Waals surface area contributed by atoms with Crippen LogP contribution in [0.4, 0.5) is 34.4 Å². The van der Waals surface area contributed by atoms with E-state index in [4.69, 9.17) is 37.8 Å². The molecule has 6 aromatic rings. The Kier molecular flexibility index (Phi) is 15.4. The summed E-state index contributed by atoms with van der Waals surface area (Å²) in [4.78, 5) is 89.3. The Morgan fingerprint density at radius 2 is 1.07 bits per heavy atom. The molecule has 2 saturated carbocycles. The Balaban J connectivity index is 0.000000183. The van der Waals surface area contributed by atoms with E-state index in [2.05, 4.69) is 36.0 Å². The number of sulfonamides is 1. The van der Waals surface area contributed by atoms with Gasteiger partial charge in [-0.05, 0) is 113 Å². The van der Waals surface area contributed by atoms with Gasteiger partial charge >= 0.3 is 0 Å². The van der Waals surface area contributed by atoms with E-state index in [-0.39, 0.29) is 92.9 Å². The average molecular weight is 1070 g/mol. The van der Waals surface area contributed by atoms with E-state index in [1.807, 2.05) is 9.80 Å². The van der Waals surface area contributed by atoms with Gasteiger partial charge in [0.2, 0.25) is 45.2 Å². The van der Waals surface area contributed by atoms with Crippen LogP contribution < -0.4 is 31.7 Å². The first-order valence-corrected chi connectivity index (χ1v) is 27.0. The minimum Gasteiger partial charge on any atom is -0.449 e. The maximum absolute atomic E-state index is 13.4. The van der Waals surface area contributed by atoms with E-state index < -0.39 is 21.8 Å². The fraction of sp³-hybridized carbons (Fsp3) is 0.373. The molecule has 2 aliphatic heterocycles. The van der Waals surface area contributed by atoms with Crippen LogP contribution in [0.25, 0.3) is 21.9 Å². The van der Waals surface area contributed by atoms with E-state index in [0.29, 0.717) is 83.9 Å². The van der Waals surface area contributed by atoms with Crippen molar-refractivity contribution >= 4 is 125 Å². The van der Waals surface area contributed by atoms with Gasteiger partial charge < -0.3 is 45.6 Å². The second kappa shape index (κ2) is 22.1. The molecule has 388 valence electrons. The highest BCUT2D eigenvalue weighted by atomic mass is 35.5. The van der Waals surface area contributed by atoms with Gasteiger partial charge in [-0.2, -0.15) is 0 Å². The lowest BCUT2D eigenvalue weighted by Crippen LogP contribution is -2.40. The fourth-order valence-corrected chi connectivity index (χ4v) is 11.1. The summed E-state index contributed by atoms with van der Waals surface area (Å²) in [5.41, 5.74) is 7.65. The minimum absolute atomic E-state index is 0.0562. The van der Waals surface area contributed by atoms with Gasteiger partial charge in [0, 0.05) is 67.9 Å². The number of nitrogens with zero attached hydrogens (tertiary/aromatic N) is 4. The third-order valence-corrected chi connectivity index (χ3v) is 14.9. The van der Waals surface area contributed by atoms with Crippen LogP contribution in [-0.4, -0.2) is 95.1 Å². The standard InChI is InChI=1S/C26H28ClN5O6S.C25H26ClN5O4/c1-39(36,37)31-18-4-2-5-19-22(18)23(24(38-19)26(35)29-20-12-9-16(27)14-28-20)30-25(34)15-7-10-17(11-8-15)32-13-3-6-21(32)33;26-15-8-11-19(28-13-15)29-25(34)23-22(21-17(27)3-1-4-18(21)35-23)30-24(33)14-6-9-16(10-7-14)31-12-2-5-20(31)32/h2,4-5,9,12,14-15,17,31H,3,6-8,10-11,13H2,1H3,(H,30,34)(H,28,29,35);1,3-4,8,11,13-14,16H,2,5-7,9-10,12,27H2,(H,30,33)(H,28,29,34). The summed E-state index contributed by atoms with van der Waals surface area (Å²) in [5.74, 6) is -1.69. The van der Waals surface area contributed by atoms with Gasteiger partial charge in [0.15, 0.2) is 0 Å². The summed E-state index contributed by atoms with van der Waals surface area (Å²) >= 11 is 11.8. The molecule has 4 fully saturated rings. The Morgan fingerprint density at radius 3 is 1.49 bits per heavy atom. The molecule has 10 rings (SSSR count). The van der Waals surface area contributed by atoms with Gasteiger partial charge in [-0.1, -0.05) is 35.3 Å². The predicted molar refractivity (Wildman–Crippen MR) is 280 cm³/mol. The molecule has 2 aliphatic carbocycles. The zero-order valence-electron chi connectivity index (χ0n) is 40.2. The Hall–Kier alpha value is -7.23.